The van der Waals surface area contributed by atoms with Gasteiger partial charge < -0.3 is 19.0 Å². The monoisotopic (exact) mass is 404 g/mol. The fraction of sp³-hybridized carbons (Fsp3) is 0.400. The molecule has 1 aromatic heterocycles. The number of nitrogens with zero attached hydrogens (tertiary/aromatic N) is 2. The highest BCUT2D eigenvalue weighted by Gasteiger charge is 2.27. The maximum Gasteiger partial charge on any atom is 0.289 e. The van der Waals surface area contributed by atoms with Gasteiger partial charge in [-0.05, 0) is 55.3 Å². The average Bonchev–Trinajstić information content (AvgIpc) is 3.52. The van der Waals surface area contributed by atoms with Gasteiger partial charge in [0.25, 0.3) is 5.91 Å². The molecule has 1 saturated heterocycles. The number of hydrogen-bond acceptors (Lipinski definition) is 4. The summed E-state index contributed by atoms with van der Waals surface area (Å²) < 4.78 is 11.8. The lowest BCUT2D eigenvalue weighted by Gasteiger charge is -2.21. The minimum absolute atomic E-state index is 0.0142. The van der Waals surface area contributed by atoms with Crippen LogP contribution in [0, 0.1) is 5.92 Å². The summed E-state index contributed by atoms with van der Waals surface area (Å²) >= 11 is 0. The highest BCUT2D eigenvalue weighted by molar-refractivity contribution is 5.91. The lowest BCUT2D eigenvalue weighted by atomic mass is 10.1. The summed E-state index contributed by atoms with van der Waals surface area (Å²) in [6.45, 7) is 5.11. The molecule has 2 aliphatic rings. The Labute approximate surface area is 177 Å². The second kappa shape index (κ2) is 8.52. The van der Waals surface area contributed by atoms with Crippen molar-refractivity contribution in [3.05, 3.63) is 66.1 Å². The smallest absolute Gasteiger partial charge is 0.289 e. The van der Waals surface area contributed by atoms with Crippen LogP contribution in [0.15, 0.2) is 59.0 Å². The Hall–Kier alpha value is -2.79. The molecule has 0 bridgehead atoms. The van der Waals surface area contributed by atoms with Gasteiger partial charge in [0, 0.05) is 31.6 Å². The van der Waals surface area contributed by atoms with Crippen LogP contribution in [-0.4, -0.2) is 48.4 Å². The first-order valence-electron chi connectivity index (χ1n) is 11.0. The molecule has 2 aromatic carbocycles. The molecule has 2 fully saturated rings. The Morgan fingerprint density at radius 1 is 0.967 bits per heavy atom. The highest BCUT2D eigenvalue weighted by Crippen LogP contribution is 2.30. The molecule has 5 rings (SSSR count). The van der Waals surface area contributed by atoms with E-state index in [-0.39, 0.29) is 5.91 Å². The summed E-state index contributed by atoms with van der Waals surface area (Å²) in [5.41, 5.74) is 0. The fourth-order valence-corrected chi connectivity index (χ4v) is 4.22. The normalized spacial score (nSPS) is 17.8. The summed E-state index contributed by atoms with van der Waals surface area (Å²) in [5.74, 6) is 2.76. The second-order valence-corrected chi connectivity index (χ2v) is 8.42. The average molecular weight is 405 g/mol. The molecule has 3 aromatic rings. The van der Waals surface area contributed by atoms with Crippen LogP contribution in [0.25, 0.3) is 10.8 Å². The minimum Gasteiger partial charge on any atom is -0.485 e. The number of carbonyl (C=O) groups excluding carboxylic acids is 1. The maximum atomic E-state index is 12.9. The molecule has 156 valence electrons. The first kappa shape index (κ1) is 19.2. The third-order valence-electron chi connectivity index (χ3n) is 6.08. The third kappa shape index (κ3) is 4.36. The van der Waals surface area contributed by atoms with Crippen LogP contribution in [0.1, 0.15) is 35.6 Å². The Kier molecular flexibility index (Phi) is 5.45. The van der Waals surface area contributed by atoms with E-state index >= 15 is 0 Å². The Morgan fingerprint density at radius 3 is 2.73 bits per heavy atom. The SMILES string of the molecule is O=C(c1ccc(COc2cccc3ccccc23)o1)N1CCCN(CC2CC2)CC1. The molecule has 1 aliphatic carbocycles. The topological polar surface area (TPSA) is 45.9 Å². The lowest BCUT2D eigenvalue weighted by Crippen LogP contribution is -2.35. The molecular weight excluding hydrogens is 376 g/mol. The Morgan fingerprint density at radius 2 is 1.83 bits per heavy atom. The molecular formula is C25H28N2O3. The zero-order chi connectivity index (χ0) is 20.3. The Balaban J connectivity index is 1.20. The van der Waals surface area contributed by atoms with Crippen molar-refractivity contribution < 1.29 is 13.9 Å². The van der Waals surface area contributed by atoms with Crippen molar-refractivity contribution >= 4 is 16.7 Å². The summed E-state index contributed by atoms with van der Waals surface area (Å²) in [6, 6.07) is 17.8. The van der Waals surface area contributed by atoms with Crippen molar-refractivity contribution in [2.24, 2.45) is 5.92 Å². The van der Waals surface area contributed by atoms with Gasteiger partial charge in [-0.25, -0.2) is 0 Å². The molecule has 1 saturated carbocycles. The summed E-state index contributed by atoms with van der Waals surface area (Å²) in [5, 5.41) is 2.21. The van der Waals surface area contributed by atoms with E-state index in [4.69, 9.17) is 9.15 Å². The largest absolute Gasteiger partial charge is 0.485 e. The molecule has 0 spiro atoms. The molecule has 0 N–H and O–H groups in total. The van der Waals surface area contributed by atoms with E-state index in [1.165, 1.54) is 19.4 Å². The minimum atomic E-state index is -0.0142. The number of rotatable bonds is 6. The second-order valence-electron chi connectivity index (χ2n) is 8.42. The third-order valence-corrected chi connectivity index (χ3v) is 6.08. The van der Waals surface area contributed by atoms with Gasteiger partial charge in [0.2, 0.25) is 0 Å². The fourth-order valence-electron chi connectivity index (χ4n) is 4.22. The number of amides is 1. The van der Waals surface area contributed by atoms with Crippen LogP contribution in [-0.2, 0) is 6.61 Å². The van der Waals surface area contributed by atoms with E-state index in [1.54, 1.807) is 6.07 Å². The summed E-state index contributed by atoms with van der Waals surface area (Å²) in [4.78, 5) is 17.4. The van der Waals surface area contributed by atoms with Gasteiger partial charge in [-0.2, -0.15) is 0 Å². The molecule has 1 amide bonds. The zero-order valence-electron chi connectivity index (χ0n) is 17.3. The maximum absolute atomic E-state index is 12.9. The van der Waals surface area contributed by atoms with Crippen molar-refractivity contribution in [3.8, 4) is 5.75 Å². The number of carbonyl (C=O) groups is 1. The van der Waals surface area contributed by atoms with Gasteiger partial charge in [0.1, 0.15) is 18.1 Å². The van der Waals surface area contributed by atoms with Gasteiger partial charge in [-0.3, -0.25) is 4.79 Å². The van der Waals surface area contributed by atoms with E-state index in [2.05, 4.69) is 17.0 Å². The molecule has 2 heterocycles. The van der Waals surface area contributed by atoms with Crippen molar-refractivity contribution in [2.75, 3.05) is 32.7 Å². The first-order valence-corrected chi connectivity index (χ1v) is 11.0. The molecule has 0 radical (unpaired) electrons. The number of furan rings is 1. The summed E-state index contributed by atoms with van der Waals surface area (Å²) in [6.07, 6.45) is 3.76. The first-order chi connectivity index (χ1) is 14.8. The van der Waals surface area contributed by atoms with Crippen LogP contribution in [0.5, 0.6) is 5.75 Å². The van der Waals surface area contributed by atoms with E-state index in [9.17, 15) is 4.79 Å². The molecule has 1 aliphatic heterocycles. The van der Waals surface area contributed by atoms with E-state index in [1.807, 2.05) is 41.3 Å². The Bertz CT molecular complexity index is 1020. The van der Waals surface area contributed by atoms with Gasteiger partial charge in [-0.15, -0.1) is 0 Å². The van der Waals surface area contributed by atoms with Crippen LogP contribution in [0.2, 0.25) is 0 Å². The van der Waals surface area contributed by atoms with Gasteiger partial charge in [0.15, 0.2) is 5.76 Å². The van der Waals surface area contributed by atoms with E-state index < -0.39 is 0 Å². The molecule has 30 heavy (non-hydrogen) atoms. The van der Waals surface area contributed by atoms with Crippen LogP contribution < -0.4 is 4.74 Å². The van der Waals surface area contributed by atoms with E-state index in [0.29, 0.717) is 18.1 Å². The molecule has 0 unspecified atom stereocenters. The van der Waals surface area contributed by atoms with Crippen LogP contribution in [0.4, 0.5) is 0 Å². The molecule has 5 heteroatoms. The van der Waals surface area contributed by atoms with Crippen molar-refractivity contribution in [1.29, 1.82) is 0 Å². The van der Waals surface area contributed by atoms with Gasteiger partial charge >= 0.3 is 0 Å². The van der Waals surface area contributed by atoms with Crippen molar-refractivity contribution in [3.63, 3.8) is 0 Å². The quantitative estimate of drug-likeness (QED) is 0.604. The predicted molar refractivity (Wildman–Crippen MR) is 117 cm³/mol. The van der Waals surface area contributed by atoms with E-state index in [0.717, 1.165) is 55.0 Å². The zero-order valence-corrected chi connectivity index (χ0v) is 17.3. The number of benzene rings is 2. The van der Waals surface area contributed by atoms with Crippen LogP contribution in [0.3, 0.4) is 0 Å². The summed E-state index contributed by atoms with van der Waals surface area (Å²) in [7, 11) is 0. The van der Waals surface area contributed by atoms with Crippen molar-refractivity contribution in [2.45, 2.75) is 25.9 Å². The van der Waals surface area contributed by atoms with Gasteiger partial charge in [-0.1, -0.05) is 36.4 Å². The number of hydrogen-bond donors (Lipinski definition) is 0. The standard InChI is InChI=1S/C25H28N2O3/c28-25(27-14-4-13-26(15-16-27)17-19-9-10-19)24-12-11-21(30-24)18-29-23-8-3-6-20-5-1-2-7-22(20)23/h1-3,5-8,11-12,19H,4,9-10,13-18H2. The number of ether oxygens (including phenoxy) is 1. The molecule has 0 atom stereocenters. The predicted octanol–water partition coefficient (Wildman–Crippen LogP) is 4.57. The molecule has 5 nitrogen and oxygen atoms in total. The lowest BCUT2D eigenvalue weighted by molar-refractivity contribution is 0.0725. The number of fused-ring (bicyclic) bond motifs is 1. The van der Waals surface area contributed by atoms with Crippen molar-refractivity contribution in [1.82, 2.24) is 9.80 Å². The van der Waals surface area contributed by atoms with Gasteiger partial charge in [0.05, 0.1) is 0 Å². The highest BCUT2D eigenvalue weighted by atomic mass is 16.5. The van der Waals surface area contributed by atoms with Crippen LogP contribution >= 0.6 is 0 Å².